The van der Waals surface area contributed by atoms with Gasteiger partial charge in [0.2, 0.25) is 0 Å². The molecule has 0 atom stereocenters. The summed E-state index contributed by atoms with van der Waals surface area (Å²) >= 11 is 0. The van der Waals surface area contributed by atoms with Crippen LogP contribution in [-0.2, 0) is 16.0 Å². The van der Waals surface area contributed by atoms with Crippen molar-refractivity contribution in [1.82, 2.24) is 5.32 Å². The summed E-state index contributed by atoms with van der Waals surface area (Å²) in [5, 5.41) is 3.45. The molecule has 5 heteroatoms. The Bertz CT molecular complexity index is 595. The van der Waals surface area contributed by atoms with Crippen molar-refractivity contribution in [3.05, 3.63) is 35.0 Å². The van der Waals surface area contributed by atoms with Gasteiger partial charge in [-0.15, -0.1) is 0 Å². The molecule has 1 aromatic rings. The van der Waals surface area contributed by atoms with Crippen LogP contribution in [0.2, 0.25) is 0 Å². The molecule has 1 aliphatic rings. The van der Waals surface area contributed by atoms with E-state index in [9.17, 15) is 4.79 Å². The van der Waals surface area contributed by atoms with Crippen LogP contribution in [0.5, 0.6) is 11.5 Å². The van der Waals surface area contributed by atoms with E-state index in [0.29, 0.717) is 0 Å². The fourth-order valence-electron chi connectivity index (χ4n) is 3.02. The highest BCUT2D eigenvalue weighted by atomic mass is 16.5. The summed E-state index contributed by atoms with van der Waals surface area (Å²) in [4.78, 5) is 12.0. The molecule has 0 saturated carbocycles. The lowest BCUT2D eigenvalue weighted by atomic mass is 10.1. The van der Waals surface area contributed by atoms with E-state index in [-0.39, 0.29) is 5.97 Å². The average Bonchev–Trinajstić information content (AvgIpc) is 2.86. The van der Waals surface area contributed by atoms with E-state index in [1.54, 1.807) is 14.2 Å². The quantitative estimate of drug-likeness (QED) is 0.777. The molecule has 1 aromatic carbocycles. The monoisotopic (exact) mass is 333 g/mol. The minimum atomic E-state index is -0.203. The van der Waals surface area contributed by atoms with Gasteiger partial charge in [0.25, 0.3) is 0 Å². The molecule has 0 unspecified atom stereocenters. The van der Waals surface area contributed by atoms with Crippen LogP contribution in [0, 0.1) is 0 Å². The van der Waals surface area contributed by atoms with Crippen molar-refractivity contribution in [3.8, 4) is 11.5 Å². The molecule has 0 fully saturated rings. The third-order valence-corrected chi connectivity index (χ3v) is 4.35. The van der Waals surface area contributed by atoms with E-state index in [2.05, 4.69) is 5.32 Å². The average molecular weight is 333 g/mol. The Hall–Kier alpha value is -2.17. The number of nitrogens with one attached hydrogen (secondary N) is 1. The van der Waals surface area contributed by atoms with Crippen LogP contribution >= 0.6 is 0 Å². The number of carbonyl (C=O) groups is 1. The molecule has 1 N–H and O–H groups in total. The van der Waals surface area contributed by atoms with Gasteiger partial charge < -0.3 is 19.5 Å². The zero-order valence-electron chi connectivity index (χ0n) is 14.8. The number of carbonyl (C=O) groups excluding carboxylic acids is 1. The molecule has 0 amide bonds. The summed E-state index contributed by atoms with van der Waals surface area (Å²) in [5.74, 6) is 1.26. The topological polar surface area (TPSA) is 56.8 Å². The highest BCUT2D eigenvalue weighted by Gasteiger charge is 2.18. The molecule has 0 heterocycles. The van der Waals surface area contributed by atoms with Crippen LogP contribution in [-0.4, -0.2) is 33.8 Å². The van der Waals surface area contributed by atoms with E-state index in [4.69, 9.17) is 14.2 Å². The van der Waals surface area contributed by atoms with Crippen molar-refractivity contribution in [3.63, 3.8) is 0 Å². The standard InChI is InChI=1S/C19H27NO4/c1-22-17-10-9-14(13-18(17)23-2)11-12-20-16-8-6-4-5-7-15(16)19(21)24-3/h9-10,13,20H,4-8,11-12H2,1-3H3. The maximum absolute atomic E-state index is 12.0. The molecular weight excluding hydrogens is 306 g/mol. The van der Waals surface area contributed by atoms with Gasteiger partial charge in [-0.25, -0.2) is 4.79 Å². The van der Waals surface area contributed by atoms with E-state index in [1.807, 2.05) is 18.2 Å². The molecule has 1 aliphatic carbocycles. The zero-order chi connectivity index (χ0) is 17.4. The molecule has 0 bridgehead atoms. The highest BCUT2D eigenvalue weighted by molar-refractivity contribution is 5.89. The second kappa shape index (κ2) is 9.21. The molecule has 5 nitrogen and oxygen atoms in total. The smallest absolute Gasteiger partial charge is 0.335 e. The summed E-state index contributed by atoms with van der Waals surface area (Å²) in [7, 11) is 4.71. The lowest BCUT2D eigenvalue weighted by Crippen LogP contribution is -2.21. The lowest BCUT2D eigenvalue weighted by Gasteiger charge is -2.14. The Balaban J connectivity index is 2.01. The van der Waals surface area contributed by atoms with Gasteiger partial charge in [-0.3, -0.25) is 0 Å². The second-order valence-corrected chi connectivity index (χ2v) is 5.88. The molecular formula is C19H27NO4. The van der Waals surface area contributed by atoms with Crippen molar-refractivity contribution in [1.29, 1.82) is 0 Å². The fraction of sp³-hybridized carbons (Fsp3) is 0.526. The number of hydrogen-bond acceptors (Lipinski definition) is 5. The third kappa shape index (κ3) is 4.66. The zero-order valence-corrected chi connectivity index (χ0v) is 14.8. The summed E-state index contributed by atoms with van der Waals surface area (Å²) in [6.45, 7) is 0.769. The van der Waals surface area contributed by atoms with Gasteiger partial charge in [-0.1, -0.05) is 12.5 Å². The molecule has 132 valence electrons. The van der Waals surface area contributed by atoms with Crippen molar-refractivity contribution in [2.75, 3.05) is 27.9 Å². The van der Waals surface area contributed by atoms with Crippen LogP contribution in [0.15, 0.2) is 29.5 Å². The predicted octanol–water partition coefficient (Wildman–Crippen LogP) is 3.23. The van der Waals surface area contributed by atoms with Crippen molar-refractivity contribution in [2.45, 2.75) is 38.5 Å². The predicted molar refractivity (Wildman–Crippen MR) is 93.4 cm³/mol. The number of esters is 1. The lowest BCUT2D eigenvalue weighted by molar-refractivity contribution is -0.136. The van der Waals surface area contributed by atoms with Crippen molar-refractivity contribution < 1.29 is 19.0 Å². The number of ether oxygens (including phenoxy) is 3. The second-order valence-electron chi connectivity index (χ2n) is 5.88. The van der Waals surface area contributed by atoms with Crippen LogP contribution in [0.25, 0.3) is 0 Å². The first-order valence-corrected chi connectivity index (χ1v) is 8.44. The number of methoxy groups -OCH3 is 3. The molecule has 24 heavy (non-hydrogen) atoms. The van der Waals surface area contributed by atoms with Crippen LogP contribution in [0.1, 0.15) is 37.7 Å². The summed E-state index contributed by atoms with van der Waals surface area (Å²) in [6, 6.07) is 5.94. The van der Waals surface area contributed by atoms with Crippen LogP contribution in [0.3, 0.4) is 0 Å². The minimum Gasteiger partial charge on any atom is -0.493 e. The van der Waals surface area contributed by atoms with E-state index in [0.717, 1.165) is 73.4 Å². The third-order valence-electron chi connectivity index (χ3n) is 4.35. The number of benzene rings is 1. The highest BCUT2D eigenvalue weighted by Crippen LogP contribution is 2.28. The minimum absolute atomic E-state index is 0.203. The van der Waals surface area contributed by atoms with Gasteiger partial charge >= 0.3 is 5.97 Å². The Morgan fingerprint density at radius 1 is 1.04 bits per heavy atom. The molecule has 0 spiro atoms. The molecule has 0 saturated heterocycles. The Labute approximate surface area is 144 Å². The van der Waals surface area contributed by atoms with E-state index in [1.165, 1.54) is 7.11 Å². The van der Waals surface area contributed by atoms with Gasteiger partial charge in [0.05, 0.1) is 26.9 Å². The van der Waals surface area contributed by atoms with Gasteiger partial charge in [-0.2, -0.15) is 0 Å². The summed E-state index contributed by atoms with van der Waals surface area (Å²) in [6.07, 6.45) is 5.87. The maximum Gasteiger partial charge on any atom is 0.335 e. The first-order chi connectivity index (χ1) is 11.7. The Morgan fingerprint density at radius 2 is 1.79 bits per heavy atom. The van der Waals surface area contributed by atoms with Crippen molar-refractivity contribution >= 4 is 5.97 Å². The van der Waals surface area contributed by atoms with Gasteiger partial charge in [0.1, 0.15) is 0 Å². The largest absolute Gasteiger partial charge is 0.493 e. The van der Waals surface area contributed by atoms with E-state index >= 15 is 0 Å². The van der Waals surface area contributed by atoms with E-state index < -0.39 is 0 Å². The number of allylic oxidation sites excluding steroid dienone is 1. The van der Waals surface area contributed by atoms with Crippen LogP contribution in [0.4, 0.5) is 0 Å². The van der Waals surface area contributed by atoms with Crippen molar-refractivity contribution in [2.24, 2.45) is 0 Å². The first kappa shape index (κ1) is 18.2. The molecule has 0 aromatic heterocycles. The first-order valence-electron chi connectivity index (χ1n) is 8.44. The maximum atomic E-state index is 12.0. The Morgan fingerprint density at radius 3 is 2.50 bits per heavy atom. The summed E-state index contributed by atoms with van der Waals surface area (Å²) in [5.41, 5.74) is 3.01. The van der Waals surface area contributed by atoms with Gasteiger partial charge in [0, 0.05) is 12.2 Å². The number of rotatable bonds is 7. The fourth-order valence-corrected chi connectivity index (χ4v) is 3.02. The molecule has 2 rings (SSSR count). The molecule has 0 radical (unpaired) electrons. The summed E-state index contributed by atoms with van der Waals surface area (Å²) < 4.78 is 15.5. The van der Waals surface area contributed by atoms with Crippen LogP contribution < -0.4 is 14.8 Å². The molecule has 0 aliphatic heterocycles. The van der Waals surface area contributed by atoms with Gasteiger partial charge in [0.15, 0.2) is 11.5 Å². The van der Waals surface area contributed by atoms with Gasteiger partial charge in [-0.05, 0) is 49.8 Å². The Kier molecular flexibility index (Phi) is 6.97. The SMILES string of the molecule is COC(=O)C1=C(NCCc2ccc(OC)c(OC)c2)CCCCC1. The normalized spacial score (nSPS) is 14.8. The number of hydrogen-bond donors (Lipinski definition) is 1.